The summed E-state index contributed by atoms with van der Waals surface area (Å²) in [6.45, 7) is 0. The van der Waals surface area contributed by atoms with Gasteiger partial charge < -0.3 is 4.18 Å². The van der Waals surface area contributed by atoms with Crippen molar-refractivity contribution in [1.82, 2.24) is 0 Å². The molecule has 1 N–H and O–H groups in total. The molecule has 1 rings (SSSR count). The fraction of sp³-hybridized carbons (Fsp3) is 0. The van der Waals surface area contributed by atoms with Gasteiger partial charge in [-0.1, -0.05) is 0 Å². The van der Waals surface area contributed by atoms with E-state index in [1.54, 1.807) is 0 Å². The first-order valence-corrected chi connectivity index (χ1v) is 5.17. The maximum Gasteiger partial charge on any atom is 0.446 e. The smallest absolute Gasteiger partial charge is 0.362 e. The number of nitrogens with zero attached hydrogens (tertiary/aromatic N) is 2. The van der Waals surface area contributed by atoms with E-state index < -0.39 is 37.4 Å². The predicted molar refractivity (Wildman–Crippen MR) is 51.9 cm³/mol. The molecule has 0 unspecified atom stereocenters. The maximum absolute atomic E-state index is 10.5. The van der Waals surface area contributed by atoms with E-state index in [1.165, 1.54) is 0 Å². The predicted octanol–water partition coefficient (Wildman–Crippen LogP) is 0.685. The Balaban J connectivity index is 3.28. The summed E-state index contributed by atoms with van der Waals surface area (Å²) in [5.41, 5.74) is -1.77. The lowest BCUT2D eigenvalue weighted by Crippen LogP contribution is -2.07. The molecule has 0 aliphatic heterocycles. The van der Waals surface area contributed by atoms with Crippen LogP contribution in [0.3, 0.4) is 0 Å². The van der Waals surface area contributed by atoms with Crippen LogP contribution in [-0.2, 0) is 10.4 Å². The highest BCUT2D eigenvalue weighted by atomic mass is 32.3. The second-order valence-corrected chi connectivity index (χ2v) is 3.70. The Morgan fingerprint density at radius 1 is 1.12 bits per heavy atom. The van der Waals surface area contributed by atoms with Gasteiger partial charge in [0.1, 0.15) is 0 Å². The molecule has 0 atom stereocenters. The van der Waals surface area contributed by atoms with Crippen LogP contribution >= 0.6 is 0 Å². The summed E-state index contributed by atoms with van der Waals surface area (Å²) in [5.74, 6) is -0.607. The Morgan fingerprint density at radius 3 is 2.06 bits per heavy atom. The van der Waals surface area contributed by atoms with Crippen molar-refractivity contribution in [2.75, 3.05) is 0 Å². The van der Waals surface area contributed by atoms with Crippen molar-refractivity contribution in [3.8, 4) is 5.75 Å². The number of benzene rings is 1. The van der Waals surface area contributed by atoms with Crippen molar-refractivity contribution in [3.05, 3.63) is 38.4 Å². The number of nitro benzene ring substituents is 2. The van der Waals surface area contributed by atoms with Crippen LogP contribution in [0.15, 0.2) is 18.2 Å². The minimum absolute atomic E-state index is 0.520. The molecule has 92 valence electrons. The molecule has 0 aromatic heterocycles. The summed E-state index contributed by atoms with van der Waals surface area (Å²) in [4.78, 5) is 18.8. The van der Waals surface area contributed by atoms with E-state index in [0.29, 0.717) is 12.1 Å². The molecule has 1 aromatic rings. The Morgan fingerprint density at radius 2 is 1.65 bits per heavy atom. The zero-order valence-electron chi connectivity index (χ0n) is 7.84. The van der Waals surface area contributed by atoms with E-state index in [1.807, 2.05) is 0 Å². The molecule has 0 radical (unpaired) electrons. The molecule has 0 amide bonds. The van der Waals surface area contributed by atoms with Gasteiger partial charge in [0.2, 0.25) is 0 Å². The van der Waals surface area contributed by atoms with Crippen LogP contribution in [-0.4, -0.2) is 22.8 Å². The summed E-state index contributed by atoms with van der Waals surface area (Å²) in [7, 11) is -4.85. The normalized spacial score (nSPS) is 10.9. The molecule has 0 saturated carbocycles. The van der Waals surface area contributed by atoms with E-state index >= 15 is 0 Å². The highest BCUT2D eigenvalue weighted by Gasteiger charge is 2.25. The molecule has 0 fully saturated rings. The number of hydrogen-bond donors (Lipinski definition) is 1. The molecule has 0 heterocycles. The summed E-state index contributed by atoms with van der Waals surface area (Å²) in [6, 6.07) is 2.02. The van der Waals surface area contributed by atoms with E-state index in [0.717, 1.165) is 6.07 Å². The highest BCUT2D eigenvalue weighted by Crippen LogP contribution is 2.30. The van der Waals surface area contributed by atoms with Gasteiger partial charge in [-0.25, -0.2) is 0 Å². The third-order valence-corrected chi connectivity index (χ3v) is 1.94. The van der Waals surface area contributed by atoms with Crippen LogP contribution in [0.4, 0.5) is 11.4 Å². The van der Waals surface area contributed by atoms with Gasteiger partial charge in [-0.15, -0.1) is 0 Å². The quantitative estimate of drug-likeness (QED) is 0.473. The SMILES string of the molecule is O=[N+]([O-])c1ccc(OS(=O)(=O)O)cc1[N+](=O)[O-]. The number of hydrogen-bond acceptors (Lipinski definition) is 7. The van der Waals surface area contributed by atoms with Crippen LogP contribution in [0.25, 0.3) is 0 Å². The topological polar surface area (TPSA) is 150 Å². The average Bonchev–Trinajstić information content (AvgIpc) is 2.14. The molecule has 0 saturated heterocycles. The van der Waals surface area contributed by atoms with Crippen molar-refractivity contribution in [2.24, 2.45) is 0 Å². The summed E-state index contributed by atoms with van der Waals surface area (Å²) < 4.78 is 32.9. The minimum Gasteiger partial charge on any atom is -0.362 e. The van der Waals surface area contributed by atoms with Gasteiger partial charge in [0, 0.05) is 6.07 Å². The van der Waals surface area contributed by atoms with Crippen LogP contribution in [0.5, 0.6) is 5.75 Å². The number of nitro groups is 2. The second kappa shape index (κ2) is 4.31. The molecular weight excluding hydrogens is 260 g/mol. The fourth-order valence-corrected chi connectivity index (χ4v) is 1.32. The molecule has 17 heavy (non-hydrogen) atoms. The molecule has 10 nitrogen and oxygen atoms in total. The van der Waals surface area contributed by atoms with Gasteiger partial charge in [-0.3, -0.25) is 24.8 Å². The Kier molecular flexibility index (Phi) is 3.24. The van der Waals surface area contributed by atoms with Gasteiger partial charge in [0.25, 0.3) is 0 Å². The fourth-order valence-electron chi connectivity index (χ4n) is 0.977. The second-order valence-electron chi connectivity index (χ2n) is 2.68. The van der Waals surface area contributed by atoms with Crippen molar-refractivity contribution in [2.45, 2.75) is 0 Å². The van der Waals surface area contributed by atoms with E-state index in [9.17, 15) is 28.6 Å². The third-order valence-electron chi connectivity index (χ3n) is 1.54. The minimum atomic E-state index is -4.85. The molecular formula is C6H4N2O8S. The first kappa shape index (κ1) is 12.8. The monoisotopic (exact) mass is 264 g/mol. The van der Waals surface area contributed by atoms with Crippen LogP contribution < -0.4 is 4.18 Å². The van der Waals surface area contributed by atoms with Crippen molar-refractivity contribution < 1.29 is 27.0 Å². The standard InChI is InChI=1S/C6H4N2O8S/c9-7(10)5-2-1-4(16-17(13,14)15)3-6(5)8(11)12/h1-3H,(H,13,14,15). The molecule has 0 aliphatic rings. The van der Waals surface area contributed by atoms with E-state index in [2.05, 4.69) is 4.18 Å². The largest absolute Gasteiger partial charge is 0.446 e. The molecule has 11 heteroatoms. The molecule has 1 aromatic carbocycles. The zero-order valence-corrected chi connectivity index (χ0v) is 8.66. The lowest BCUT2D eigenvalue weighted by atomic mass is 10.2. The lowest BCUT2D eigenvalue weighted by molar-refractivity contribution is -0.422. The summed E-state index contributed by atoms with van der Waals surface area (Å²) in [6.07, 6.45) is 0. The average molecular weight is 264 g/mol. The Labute approximate surface area is 93.7 Å². The third kappa shape index (κ3) is 3.35. The molecule has 0 spiro atoms. The van der Waals surface area contributed by atoms with Gasteiger partial charge in [0.15, 0.2) is 5.75 Å². The molecule has 0 bridgehead atoms. The van der Waals surface area contributed by atoms with E-state index in [-0.39, 0.29) is 0 Å². The first-order chi connectivity index (χ1) is 7.70. The van der Waals surface area contributed by atoms with Gasteiger partial charge in [-0.2, -0.15) is 8.42 Å². The van der Waals surface area contributed by atoms with Crippen molar-refractivity contribution >= 4 is 21.8 Å². The van der Waals surface area contributed by atoms with Gasteiger partial charge in [-0.05, 0) is 6.07 Å². The van der Waals surface area contributed by atoms with E-state index in [4.69, 9.17) is 4.55 Å². The summed E-state index contributed by atoms with van der Waals surface area (Å²) >= 11 is 0. The molecule has 0 aliphatic carbocycles. The van der Waals surface area contributed by atoms with Crippen molar-refractivity contribution in [1.29, 1.82) is 0 Å². The highest BCUT2D eigenvalue weighted by molar-refractivity contribution is 7.81. The first-order valence-electron chi connectivity index (χ1n) is 3.80. The summed E-state index contributed by atoms with van der Waals surface area (Å²) in [5, 5.41) is 20.9. The lowest BCUT2D eigenvalue weighted by Gasteiger charge is -2.01. The van der Waals surface area contributed by atoms with Crippen LogP contribution in [0.2, 0.25) is 0 Å². The number of rotatable bonds is 4. The maximum atomic E-state index is 10.5. The van der Waals surface area contributed by atoms with Crippen LogP contribution in [0, 0.1) is 20.2 Å². The zero-order chi connectivity index (χ0) is 13.2. The Hall–Kier alpha value is -2.27. The Bertz CT molecular complexity index is 580. The van der Waals surface area contributed by atoms with Crippen molar-refractivity contribution in [3.63, 3.8) is 0 Å². The van der Waals surface area contributed by atoms with Gasteiger partial charge >= 0.3 is 21.8 Å². The van der Waals surface area contributed by atoms with Gasteiger partial charge in [0.05, 0.1) is 15.9 Å². The van der Waals surface area contributed by atoms with Crippen LogP contribution in [0.1, 0.15) is 0 Å².